The van der Waals surface area contributed by atoms with E-state index in [0.29, 0.717) is 41.3 Å². The Morgan fingerprint density at radius 3 is 1.67 bits per heavy atom. The van der Waals surface area contributed by atoms with E-state index in [2.05, 4.69) is 4.90 Å². The molecule has 0 bridgehead atoms. The number of piperazine rings is 1. The number of Topliss-reactive ketones (excluding diaryl/α,β-unsaturated/α-hetero) is 1. The minimum absolute atomic E-state index is 0.0149. The van der Waals surface area contributed by atoms with Gasteiger partial charge < -0.3 is 20.3 Å². The summed E-state index contributed by atoms with van der Waals surface area (Å²) in [6, 6.07) is 21.1. The van der Waals surface area contributed by atoms with Crippen molar-refractivity contribution in [3.8, 4) is 11.5 Å². The second kappa shape index (κ2) is 9.56. The molecule has 0 saturated carbocycles. The first-order valence-corrected chi connectivity index (χ1v) is 10.7. The highest BCUT2D eigenvalue weighted by Gasteiger charge is 2.22. The summed E-state index contributed by atoms with van der Waals surface area (Å²) in [4.78, 5) is 39.6. The second-order valence-corrected chi connectivity index (χ2v) is 7.90. The number of hydrogen-bond acceptors (Lipinski definition) is 5. The first-order valence-electron chi connectivity index (χ1n) is 10.7. The highest BCUT2D eigenvalue weighted by atomic mass is 16.5. The number of rotatable bonds is 6. The van der Waals surface area contributed by atoms with Crippen LogP contribution >= 0.6 is 0 Å². The van der Waals surface area contributed by atoms with Crippen molar-refractivity contribution < 1.29 is 19.1 Å². The van der Waals surface area contributed by atoms with Crippen LogP contribution in [0.4, 0.5) is 5.69 Å². The van der Waals surface area contributed by atoms with Gasteiger partial charge in [0.25, 0.3) is 5.91 Å². The Morgan fingerprint density at radius 1 is 0.697 bits per heavy atom. The van der Waals surface area contributed by atoms with Crippen LogP contribution < -0.4 is 15.4 Å². The summed E-state index contributed by atoms with van der Waals surface area (Å²) < 4.78 is 5.77. The molecule has 0 aromatic heterocycles. The van der Waals surface area contributed by atoms with Gasteiger partial charge in [-0.15, -0.1) is 0 Å². The maximum atomic E-state index is 12.9. The molecule has 33 heavy (non-hydrogen) atoms. The molecular weight excluding hydrogens is 418 g/mol. The molecule has 7 nitrogen and oxygen atoms in total. The molecule has 3 aromatic carbocycles. The van der Waals surface area contributed by atoms with E-state index in [0.717, 1.165) is 18.8 Å². The van der Waals surface area contributed by atoms with Crippen LogP contribution in [0.25, 0.3) is 0 Å². The molecule has 1 saturated heterocycles. The fourth-order valence-electron chi connectivity index (χ4n) is 3.75. The van der Waals surface area contributed by atoms with Gasteiger partial charge in [-0.1, -0.05) is 0 Å². The Labute approximate surface area is 192 Å². The van der Waals surface area contributed by atoms with Gasteiger partial charge in [-0.25, -0.2) is 0 Å². The molecule has 168 valence electrons. The van der Waals surface area contributed by atoms with Crippen molar-refractivity contribution in [3.63, 3.8) is 0 Å². The number of benzene rings is 3. The normalized spacial score (nSPS) is 13.5. The Hall–Kier alpha value is -4.13. The first-order chi connectivity index (χ1) is 15.9. The molecule has 7 heteroatoms. The molecule has 3 aromatic rings. The van der Waals surface area contributed by atoms with Crippen molar-refractivity contribution in [3.05, 3.63) is 89.5 Å². The number of hydrogen-bond donors (Lipinski definition) is 1. The van der Waals surface area contributed by atoms with Gasteiger partial charge in [0.2, 0.25) is 5.91 Å². The molecular formula is C26H25N3O4. The number of nitrogens with zero attached hydrogens (tertiary/aromatic N) is 2. The molecule has 1 aliphatic heterocycles. The molecule has 0 aliphatic carbocycles. The van der Waals surface area contributed by atoms with Gasteiger partial charge in [0.05, 0.1) is 0 Å². The number of ether oxygens (including phenoxy) is 1. The highest BCUT2D eigenvalue weighted by Crippen LogP contribution is 2.23. The van der Waals surface area contributed by atoms with Gasteiger partial charge in [-0.3, -0.25) is 14.4 Å². The van der Waals surface area contributed by atoms with E-state index in [4.69, 9.17) is 10.5 Å². The summed E-state index contributed by atoms with van der Waals surface area (Å²) in [5, 5.41) is 0. The summed E-state index contributed by atoms with van der Waals surface area (Å²) >= 11 is 0. The number of carbonyl (C=O) groups is 3. The molecule has 2 amide bonds. The Balaban J connectivity index is 1.33. The molecule has 1 fully saturated rings. The Kier molecular flexibility index (Phi) is 6.40. The fraction of sp³-hybridized carbons (Fsp3) is 0.192. The summed E-state index contributed by atoms with van der Waals surface area (Å²) in [7, 11) is 0. The van der Waals surface area contributed by atoms with Crippen molar-refractivity contribution in [2.45, 2.75) is 6.92 Å². The number of amides is 2. The standard InChI is InChI=1S/C26H25N3O4/c1-18(30)19-2-8-22(9-3-19)28-14-16-29(17-15-28)26(32)21-6-12-24(13-7-21)33-23-10-4-20(5-11-23)25(27)31/h2-13H,14-17H2,1H3,(H2,27,31). The largest absolute Gasteiger partial charge is 0.457 e. The topological polar surface area (TPSA) is 92.9 Å². The van der Waals surface area contributed by atoms with Gasteiger partial charge >= 0.3 is 0 Å². The van der Waals surface area contributed by atoms with Crippen LogP contribution in [0.5, 0.6) is 11.5 Å². The lowest BCUT2D eigenvalue weighted by atomic mass is 10.1. The van der Waals surface area contributed by atoms with E-state index >= 15 is 0 Å². The Morgan fingerprint density at radius 2 is 1.18 bits per heavy atom. The van der Waals surface area contributed by atoms with Gasteiger partial charge in [-0.2, -0.15) is 0 Å². The Bertz CT molecular complexity index is 1150. The zero-order valence-corrected chi connectivity index (χ0v) is 18.4. The lowest BCUT2D eigenvalue weighted by Gasteiger charge is -2.36. The molecule has 0 radical (unpaired) electrons. The maximum Gasteiger partial charge on any atom is 0.253 e. The second-order valence-electron chi connectivity index (χ2n) is 7.90. The van der Waals surface area contributed by atoms with Gasteiger partial charge in [0, 0.05) is 48.6 Å². The molecule has 0 spiro atoms. The van der Waals surface area contributed by atoms with Crippen LogP contribution in [-0.4, -0.2) is 48.7 Å². The molecule has 0 atom stereocenters. The van der Waals surface area contributed by atoms with E-state index < -0.39 is 5.91 Å². The van der Waals surface area contributed by atoms with Gasteiger partial charge in [0.1, 0.15) is 11.5 Å². The summed E-state index contributed by atoms with van der Waals surface area (Å²) in [5.74, 6) is 0.716. The zero-order valence-electron chi connectivity index (χ0n) is 18.4. The third kappa shape index (κ3) is 5.20. The monoisotopic (exact) mass is 443 g/mol. The molecule has 4 rings (SSSR count). The van der Waals surface area contributed by atoms with Crippen LogP contribution in [0.1, 0.15) is 38.0 Å². The third-order valence-corrected chi connectivity index (χ3v) is 5.68. The van der Waals surface area contributed by atoms with E-state index in [9.17, 15) is 14.4 Å². The van der Waals surface area contributed by atoms with Crippen LogP contribution in [0.15, 0.2) is 72.8 Å². The maximum absolute atomic E-state index is 12.9. The van der Waals surface area contributed by atoms with E-state index in [1.807, 2.05) is 29.2 Å². The van der Waals surface area contributed by atoms with Crippen molar-refractivity contribution >= 4 is 23.3 Å². The average Bonchev–Trinajstić information content (AvgIpc) is 2.84. The molecule has 1 heterocycles. The highest BCUT2D eigenvalue weighted by molar-refractivity contribution is 5.95. The van der Waals surface area contributed by atoms with E-state index in [1.54, 1.807) is 55.5 Å². The van der Waals surface area contributed by atoms with Gasteiger partial charge in [-0.05, 0) is 79.7 Å². The number of nitrogens with two attached hydrogens (primary N) is 1. The SMILES string of the molecule is CC(=O)c1ccc(N2CCN(C(=O)c3ccc(Oc4ccc(C(N)=O)cc4)cc3)CC2)cc1. The lowest BCUT2D eigenvalue weighted by molar-refractivity contribution is 0.0746. The van der Waals surface area contributed by atoms with Crippen LogP contribution in [0, 0.1) is 0 Å². The van der Waals surface area contributed by atoms with Crippen LogP contribution in [0.2, 0.25) is 0 Å². The average molecular weight is 444 g/mol. The fourth-order valence-corrected chi connectivity index (χ4v) is 3.75. The van der Waals surface area contributed by atoms with Crippen molar-refractivity contribution in [2.75, 3.05) is 31.1 Å². The summed E-state index contributed by atoms with van der Waals surface area (Å²) in [6.45, 7) is 4.26. The molecule has 0 unspecified atom stereocenters. The van der Waals surface area contributed by atoms with Crippen molar-refractivity contribution in [1.29, 1.82) is 0 Å². The smallest absolute Gasteiger partial charge is 0.253 e. The number of ketones is 1. The minimum atomic E-state index is -0.490. The number of primary amides is 1. The summed E-state index contributed by atoms with van der Waals surface area (Å²) in [6.07, 6.45) is 0. The minimum Gasteiger partial charge on any atom is -0.457 e. The van der Waals surface area contributed by atoms with E-state index in [-0.39, 0.29) is 11.7 Å². The lowest BCUT2D eigenvalue weighted by Crippen LogP contribution is -2.48. The quantitative estimate of drug-likeness (QED) is 0.586. The van der Waals surface area contributed by atoms with Crippen molar-refractivity contribution in [1.82, 2.24) is 4.90 Å². The predicted octanol–water partition coefficient (Wildman–Crippen LogP) is 3.74. The van der Waals surface area contributed by atoms with Crippen LogP contribution in [0.3, 0.4) is 0 Å². The third-order valence-electron chi connectivity index (χ3n) is 5.68. The molecule has 1 aliphatic rings. The van der Waals surface area contributed by atoms with Crippen LogP contribution in [-0.2, 0) is 0 Å². The molecule has 2 N–H and O–H groups in total. The number of anilines is 1. The first kappa shape index (κ1) is 22.1. The summed E-state index contributed by atoms with van der Waals surface area (Å²) in [5.41, 5.74) is 8.01. The zero-order chi connectivity index (χ0) is 23.4. The number of carbonyl (C=O) groups excluding carboxylic acids is 3. The van der Waals surface area contributed by atoms with Gasteiger partial charge in [0.15, 0.2) is 5.78 Å². The van der Waals surface area contributed by atoms with Crippen molar-refractivity contribution in [2.24, 2.45) is 5.73 Å². The van der Waals surface area contributed by atoms with E-state index in [1.165, 1.54) is 0 Å². The predicted molar refractivity (Wildman–Crippen MR) is 126 cm³/mol.